The summed E-state index contributed by atoms with van der Waals surface area (Å²) in [5, 5.41) is 8.68. The van der Waals surface area contributed by atoms with Gasteiger partial charge in [0.25, 0.3) is 6.01 Å². The van der Waals surface area contributed by atoms with Crippen LogP contribution in [0.3, 0.4) is 0 Å². The summed E-state index contributed by atoms with van der Waals surface area (Å²) in [5.74, 6) is -1.08. The summed E-state index contributed by atoms with van der Waals surface area (Å²) in [4.78, 5) is 16.3. The molecule has 0 aliphatic carbocycles. The van der Waals surface area contributed by atoms with E-state index in [1.165, 1.54) is 0 Å². The van der Waals surface area contributed by atoms with Crippen LogP contribution in [-0.4, -0.2) is 29.1 Å². The van der Waals surface area contributed by atoms with Gasteiger partial charge in [-0.3, -0.25) is 0 Å². The molecule has 0 fully saturated rings. The van der Waals surface area contributed by atoms with Gasteiger partial charge in [0.2, 0.25) is 0 Å². The van der Waals surface area contributed by atoms with Crippen LogP contribution in [0.5, 0.6) is 0 Å². The van der Waals surface area contributed by atoms with E-state index in [0.29, 0.717) is 12.6 Å². The number of anilines is 1. The van der Waals surface area contributed by atoms with Gasteiger partial charge in [-0.15, -0.1) is 6.58 Å². The Bertz CT molecular complexity index is 346. The van der Waals surface area contributed by atoms with Gasteiger partial charge in [-0.2, -0.15) is 4.98 Å². The molecule has 82 valence electrons. The van der Waals surface area contributed by atoms with Crippen molar-refractivity contribution in [1.29, 1.82) is 0 Å². The fourth-order valence-electron chi connectivity index (χ4n) is 1.20. The van der Waals surface area contributed by atoms with Crippen LogP contribution in [0.15, 0.2) is 23.3 Å². The fourth-order valence-corrected chi connectivity index (χ4v) is 1.20. The third-order valence-electron chi connectivity index (χ3n) is 1.82. The van der Waals surface area contributed by atoms with Gasteiger partial charge in [0.15, 0.2) is 5.69 Å². The maximum absolute atomic E-state index is 10.6. The number of nitrogens with zero attached hydrogens (tertiary/aromatic N) is 2. The van der Waals surface area contributed by atoms with Gasteiger partial charge < -0.3 is 14.4 Å². The summed E-state index contributed by atoms with van der Waals surface area (Å²) in [6.07, 6.45) is 3.79. The topological polar surface area (TPSA) is 66.6 Å². The Morgan fingerprint density at radius 3 is 3.00 bits per heavy atom. The first-order valence-corrected chi connectivity index (χ1v) is 4.73. The lowest BCUT2D eigenvalue weighted by Crippen LogP contribution is -2.24. The molecule has 0 saturated carbocycles. The van der Waals surface area contributed by atoms with Crippen molar-refractivity contribution in [2.24, 2.45) is 0 Å². The van der Waals surface area contributed by atoms with Crippen LogP contribution < -0.4 is 4.90 Å². The molecule has 0 saturated heterocycles. The summed E-state index contributed by atoms with van der Waals surface area (Å²) in [6, 6.07) is 0.328. The van der Waals surface area contributed by atoms with Crippen molar-refractivity contribution < 1.29 is 14.3 Å². The van der Waals surface area contributed by atoms with Crippen molar-refractivity contribution in [3.8, 4) is 0 Å². The highest BCUT2D eigenvalue weighted by Crippen LogP contribution is 2.13. The Labute approximate surface area is 88.0 Å². The second kappa shape index (κ2) is 5.19. The van der Waals surface area contributed by atoms with E-state index in [1.54, 1.807) is 6.08 Å². The first-order valence-electron chi connectivity index (χ1n) is 4.73. The van der Waals surface area contributed by atoms with Crippen molar-refractivity contribution in [2.75, 3.05) is 18.0 Å². The van der Waals surface area contributed by atoms with E-state index < -0.39 is 5.97 Å². The Morgan fingerprint density at radius 2 is 2.53 bits per heavy atom. The maximum atomic E-state index is 10.6. The zero-order valence-electron chi connectivity index (χ0n) is 8.64. The minimum absolute atomic E-state index is 0.0739. The van der Waals surface area contributed by atoms with Gasteiger partial charge in [-0.25, -0.2) is 4.79 Å². The van der Waals surface area contributed by atoms with Gasteiger partial charge in [0.1, 0.15) is 6.26 Å². The normalized spacial score (nSPS) is 9.93. The average Bonchev–Trinajstić information content (AvgIpc) is 2.66. The third-order valence-corrected chi connectivity index (χ3v) is 1.82. The highest BCUT2D eigenvalue weighted by molar-refractivity contribution is 5.85. The monoisotopic (exact) mass is 210 g/mol. The van der Waals surface area contributed by atoms with Crippen LogP contribution in [-0.2, 0) is 0 Å². The molecule has 5 nitrogen and oxygen atoms in total. The Balaban J connectivity index is 2.80. The molecule has 0 atom stereocenters. The molecule has 0 unspecified atom stereocenters. The average molecular weight is 210 g/mol. The van der Waals surface area contributed by atoms with Crippen molar-refractivity contribution in [2.45, 2.75) is 13.3 Å². The quantitative estimate of drug-likeness (QED) is 0.725. The van der Waals surface area contributed by atoms with E-state index in [9.17, 15) is 4.79 Å². The van der Waals surface area contributed by atoms with Crippen LogP contribution >= 0.6 is 0 Å². The van der Waals surface area contributed by atoms with E-state index in [0.717, 1.165) is 19.2 Å². The first kappa shape index (κ1) is 11.3. The lowest BCUT2D eigenvalue weighted by Gasteiger charge is -2.16. The van der Waals surface area contributed by atoms with Crippen LogP contribution in [0, 0.1) is 0 Å². The minimum Gasteiger partial charge on any atom is -0.476 e. The van der Waals surface area contributed by atoms with Crippen molar-refractivity contribution in [1.82, 2.24) is 4.98 Å². The first-order chi connectivity index (χ1) is 7.19. The van der Waals surface area contributed by atoms with Crippen LogP contribution in [0.1, 0.15) is 23.8 Å². The van der Waals surface area contributed by atoms with Crippen molar-refractivity contribution in [3.05, 3.63) is 24.6 Å². The molecule has 0 aliphatic rings. The molecule has 15 heavy (non-hydrogen) atoms. The lowest BCUT2D eigenvalue weighted by atomic mass is 10.4. The number of rotatable bonds is 6. The molecule has 1 aromatic heterocycles. The van der Waals surface area contributed by atoms with E-state index in [1.807, 2.05) is 11.8 Å². The fraction of sp³-hybridized carbons (Fsp3) is 0.400. The molecule has 1 aromatic rings. The van der Waals surface area contributed by atoms with E-state index in [-0.39, 0.29) is 5.69 Å². The van der Waals surface area contributed by atoms with Crippen molar-refractivity contribution in [3.63, 3.8) is 0 Å². The number of hydrogen-bond donors (Lipinski definition) is 1. The predicted molar refractivity (Wildman–Crippen MR) is 56.2 cm³/mol. The molecule has 1 heterocycles. The molecule has 1 rings (SSSR count). The summed E-state index contributed by atoms with van der Waals surface area (Å²) in [5.41, 5.74) is -0.0739. The van der Waals surface area contributed by atoms with Crippen LogP contribution in [0.2, 0.25) is 0 Å². The Kier molecular flexibility index (Phi) is 3.91. The summed E-state index contributed by atoms with van der Waals surface area (Å²) in [7, 11) is 0. The smallest absolute Gasteiger partial charge is 0.357 e. The SMILES string of the molecule is C=CCN(CCC)c1nc(C(=O)O)co1. The molecule has 5 heteroatoms. The molecule has 0 aromatic carbocycles. The lowest BCUT2D eigenvalue weighted by molar-refractivity contribution is 0.0690. The van der Waals surface area contributed by atoms with Gasteiger partial charge >= 0.3 is 5.97 Å². The number of aromatic carboxylic acids is 1. The van der Waals surface area contributed by atoms with Crippen molar-refractivity contribution >= 4 is 12.0 Å². The predicted octanol–water partition coefficient (Wildman–Crippen LogP) is 1.78. The number of carbonyl (C=O) groups is 1. The van der Waals surface area contributed by atoms with E-state index in [4.69, 9.17) is 9.52 Å². The second-order valence-electron chi connectivity index (χ2n) is 3.06. The second-order valence-corrected chi connectivity index (χ2v) is 3.06. The number of hydrogen-bond acceptors (Lipinski definition) is 4. The van der Waals surface area contributed by atoms with E-state index >= 15 is 0 Å². The van der Waals surface area contributed by atoms with Gasteiger partial charge in [-0.1, -0.05) is 13.0 Å². The zero-order chi connectivity index (χ0) is 11.3. The molecular formula is C10H14N2O3. The number of carboxylic acids is 1. The standard InChI is InChI=1S/C10H14N2O3/c1-3-5-12(6-4-2)10-11-8(7-15-10)9(13)14/h3,7H,1,4-6H2,2H3,(H,13,14). The van der Waals surface area contributed by atoms with Gasteiger partial charge in [-0.05, 0) is 6.42 Å². The molecule has 0 bridgehead atoms. The number of carboxylic acid groups (broad SMARTS) is 1. The van der Waals surface area contributed by atoms with Gasteiger partial charge in [0.05, 0.1) is 0 Å². The van der Waals surface area contributed by atoms with Gasteiger partial charge in [0, 0.05) is 13.1 Å². The molecule has 0 spiro atoms. The third kappa shape index (κ3) is 2.83. The minimum atomic E-state index is -1.08. The summed E-state index contributed by atoms with van der Waals surface area (Å²) >= 11 is 0. The van der Waals surface area contributed by atoms with Crippen LogP contribution in [0.25, 0.3) is 0 Å². The molecule has 0 amide bonds. The molecule has 0 aliphatic heterocycles. The highest BCUT2D eigenvalue weighted by Gasteiger charge is 2.14. The molecular weight excluding hydrogens is 196 g/mol. The Morgan fingerprint density at radius 1 is 1.80 bits per heavy atom. The highest BCUT2D eigenvalue weighted by atomic mass is 16.4. The van der Waals surface area contributed by atoms with E-state index in [2.05, 4.69) is 11.6 Å². The maximum Gasteiger partial charge on any atom is 0.357 e. The number of oxazole rings is 1. The Hall–Kier alpha value is -1.78. The summed E-state index contributed by atoms with van der Waals surface area (Å²) in [6.45, 7) is 6.99. The summed E-state index contributed by atoms with van der Waals surface area (Å²) < 4.78 is 5.08. The largest absolute Gasteiger partial charge is 0.476 e. The number of aromatic nitrogens is 1. The molecule has 1 N–H and O–H groups in total. The van der Waals surface area contributed by atoms with Crippen LogP contribution in [0.4, 0.5) is 6.01 Å². The zero-order valence-corrected chi connectivity index (χ0v) is 8.64. The molecule has 0 radical (unpaired) electrons.